The quantitative estimate of drug-likeness (QED) is 0.588. The summed E-state index contributed by atoms with van der Waals surface area (Å²) in [7, 11) is 1.58. The molecule has 0 aliphatic carbocycles. The Morgan fingerprint density at radius 1 is 0.800 bits per heavy atom. The molecule has 3 aromatic rings. The molecule has 8 nitrogen and oxygen atoms in total. The molecule has 2 heterocycles. The van der Waals surface area contributed by atoms with Crippen molar-refractivity contribution in [2.75, 3.05) is 17.3 Å². The van der Waals surface area contributed by atoms with Crippen molar-refractivity contribution in [1.82, 2.24) is 0 Å². The lowest BCUT2D eigenvalue weighted by Gasteiger charge is -2.28. The zero-order chi connectivity index (χ0) is 24.5. The summed E-state index contributed by atoms with van der Waals surface area (Å²) in [6.45, 7) is 0. The predicted octanol–water partition coefficient (Wildman–Crippen LogP) is 3.15. The zero-order valence-electron chi connectivity index (χ0n) is 18.9. The van der Waals surface area contributed by atoms with E-state index in [-0.39, 0.29) is 18.7 Å². The highest BCUT2D eigenvalue weighted by atomic mass is 16.6. The number of hydrogen-bond donors (Lipinski definition) is 1. The number of nitrogens with one attached hydrogen (secondary N) is 1. The molecule has 2 unspecified atom stereocenters. The second-order valence-corrected chi connectivity index (χ2v) is 8.45. The molecule has 2 aliphatic heterocycles. The lowest BCUT2D eigenvalue weighted by atomic mass is 9.98. The largest absolute Gasteiger partial charge is 0.448 e. The van der Waals surface area contributed by atoms with Crippen LogP contribution in [0.25, 0.3) is 0 Å². The molecule has 2 atom stereocenters. The summed E-state index contributed by atoms with van der Waals surface area (Å²) < 4.78 is 10.7. The Balaban J connectivity index is 1.28. The molecule has 0 aromatic heterocycles. The van der Waals surface area contributed by atoms with Gasteiger partial charge in [0.05, 0.1) is 11.1 Å². The van der Waals surface area contributed by atoms with Gasteiger partial charge in [0.15, 0.2) is 12.2 Å². The van der Waals surface area contributed by atoms with Crippen molar-refractivity contribution in [3.8, 4) is 0 Å². The molecule has 0 spiro atoms. The number of hydrogen-bond acceptors (Lipinski definition) is 6. The summed E-state index contributed by atoms with van der Waals surface area (Å²) in [5.41, 5.74) is 3.40. The Bertz CT molecular complexity index is 1350. The third-order valence-electron chi connectivity index (χ3n) is 6.18. The van der Waals surface area contributed by atoms with Gasteiger partial charge in [0, 0.05) is 31.3 Å². The Morgan fingerprint density at radius 3 is 2.03 bits per heavy atom. The van der Waals surface area contributed by atoms with Crippen LogP contribution in [0, 0.1) is 0 Å². The molecule has 0 bridgehead atoms. The monoisotopic (exact) mass is 470 g/mol. The molecule has 176 valence electrons. The van der Waals surface area contributed by atoms with Gasteiger partial charge >= 0.3 is 11.9 Å². The summed E-state index contributed by atoms with van der Waals surface area (Å²) in [6, 6.07) is 20.8. The van der Waals surface area contributed by atoms with Gasteiger partial charge in [-0.25, -0.2) is 9.59 Å². The fourth-order valence-corrected chi connectivity index (χ4v) is 4.31. The first-order valence-electron chi connectivity index (χ1n) is 11.2. The molecule has 0 fully saturated rings. The second kappa shape index (κ2) is 9.06. The van der Waals surface area contributed by atoms with Crippen LogP contribution in [0.5, 0.6) is 0 Å². The maximum atomic E-state index is 13.1. The maximum Gasteiger partial charge on any atom is 0.339 e. The molecule has 8 heteroatoms. The van der Waals surface area contributed by atoms with Crippen LogP contribution >= 0.6 is 0 Å². The van der Waals surface area contributed by atoms with Crippen LogP contribution in [0.15, 0.2) is 72.8 Å². The fraction of sp³-hybridized carbons (Fsp3) is 0.185. The van der Waals surface area contributed by atoms with Gasteiger partial charge in [0.2, 0.25) is 0 Å². The number of benzene rings is 3. The topological polar surface area (TPSA) is 102 Å². The Hall–Kier alpha value is -4.46. The van der Waals surface area contributed by atoms with Crippen LogP contribution in [0.3, 0.4) is 0 Å². The lowest BCUT2D eigenvalue weighted by Crippen LogP contribution is -2.43. The average Bonchev–Trinajstić information content (AvgIpc) is 2.88. The van der Waals surface area contributed by atoms with Crippen LogP contribution in [0.2, 0.25) is 0 Å². The number of rotatable bonds is 4. The zero-order valence-corrected chi connectivity index (χ0v) is 18.9. The SMILES string of the molecule is CN(C(=O)C1Cc2ccccc2C(=O)O1)c1cccc(NC(=O)C2Cc3ccccc3C(=O)O2)c1. The second-order valence-electron chi connectivity index (χ2n) is 8.45. The number of carbonyl (C=O) groups is 4. The maximum absolute atomic E-state index is 13.1. The minimum Gasteiger partial charge on any atom is -0.448 e. The van der Waals surface area contributed by atoms with E-state index < -0.39 is 30.1 Å². The van der Waals surface area contributed by atoms with Crippen LogP contribution in [0.1, 0.15) is 31.8 Å². The van der Waals surface area contributed by atoms with E-state index in [1.165, 1.54) is 4.90 Å². The number of anilines is 2. The molecule has 3 aromatic carbocycles. The Kier molecular flexibility index (Phi) is 5.78. The van der Waals surface area contributed by atoms with E-state index in [0.29, 0.717) is 22.5 Å². The van der Waals surface area contributed by atoms with Crippen molar-refractivity contribution in [2.45, 2.75) is 25.0 Å². The van der Waals surface area contributed by atoms with Gasteiger partial charge in [-0.1, -0.05) is 42.5 Å². The highest BCUT2D eigenvalue weighted by molar-refractivity contribution is 6.02. The van der Waals surface area contributed by atoms with Crippen molar-refractivity contribution in [1.29, 1.82) is 0 Å². The predicted molar refractivity (Wildman–Crippen MR) is 127 cm³/mol. The van der Waals surface area contributed by atoms with Crippen LogP contribution in [0.4, 0.5) is 11.4 Å². The van der Waals surface area contributed by atoms with Gasteiger partial charge < -0.3 is 19.7 Å². The third-order valence-corrected chi connectivity index (χ3v) is 6.18. The normalized spacial score (nSPS) is 18.4. The smallest absolute Gasteiger partial charge is 0.339 e. The van der Waals surface area contributed by atoms with E-state index in [2.05, 4.69) is 5.32 Å². The van der Waals surface area contributed by atoms with Crippen molar-refractivity contribution < 1.29 is 28.7 Å². The summed E-state index contributed by atoms with van der Waals surface area (Å²) in [5.74, 6) is -1.90. The van der Waals surface area contributed by atoms with E-state index in [1.807, 2.05) is 18.2 Å². The molecule has 5 rings (SSSR count). The summed E-state index contributed by atoms with van der Waals surface area (Å²) in [6.07, 6.45) is -1.33. The molecule has 0 saturated heterocycles. The minimum atomic E-state index is -0.956. The summed E-state index contributed by atoms with van der Waals surface area (Å²) >= 11 is 0. The number of carbonyl (C=O) groups excluding carboxylic acids is 4. The molecule has 2 amide bonds. The molecular formula is C27H22N2O6. The van der Waals surface area contributed by atoms with E-state index in [0.717, 1.165) is 11.1 Å². The Morgan fingerprint density at radius 2 is 1.37 bits per heavy atom. The molecule has 0 radical (unpaired) electrons. The van der Waals surface area contributed by atoms with Gasteiger partial charge in [0.1, 0.15) is 0 Å². The van der Waals surface area contributed by atoms with Crippen molar-refractivity contribution in [3.05, 3.63) is 95.1 Å². The summed E-state index contributed by atoms with van der Waals surface area (Å²) in [5, 5.41) is 2.76. The van der Waals surface area contributed by atoms with E-state index >= 15 is 0 Å². The summed E-state index contributed by atoms with van der Waals surface area (Å²) in [4.78, 5) is 51.8. The molecule has 2 aliphatic rings. The van der Waals surface area contributed by atoms with Crippen molar-refractivity contribution in [2.24, 2.45) is 0 Å². The molecule has 1 N–H and O–H groups in total. The number of nitrogens with zero attached hydrogens (tertiary/aromatic N) is 1. The molecule has 0 saturated carbocycles. The number of likely N-dealkylation sites (N-methyl/N-ethyl adjacent to an activating group) is 1. The fourth-order valence-electron chi connectivity index (χ4n) is 4.31. The average molecular weight is 470 g/mol. The number of esters is 2. The first kappa shape index (κ1) is 22.3. The number of ether oxygens (including phenoxy) is 2. The standard InChI is InChI=1S/C27H22N2O6/c1-29(25(31)23-14-17-8-3-5-12-21(17)27(33)35-23)19-10-6-9-18(15-19)28-24(30)22-13-16-7-2-4-11-20(16)26(32)34-22/h2-12,15,22-23H,13-14H2,1H3,(H,28,30). The van der Waals surface area contributed by atoms with Gasteiger partial charge in [-0.3, -0.25) is 9.59 Å². The lowest BCUT2D eigenvalue weighted by molar-refractivity contribution is -0.127. The van der Waals surface area contributed by atoms with Crippen molar-refractivity contribution >= 4 is 35.1 Å². The molecular weight excluding hydrogens is 448 g/mol. The van der Waals surface area contributed by atoms with Crippen LogP contribution in [-0.4, -0.2) is 43.0 Å². The van der Waals surface area contributed by atoms with Gasteiger partial charge in [-0.05, 0) is 41.5 Å². The number of fused-ring (bicyclic) bond motifs is 2. The van der Waals surface area contributed by atoms with E-state index in [1.54, 1.807) is 61.6 Å². The van der Waals surface area contributed by atoms with Crippen molar-refractivity contribution in [3.63, 3.8) is 0 Å². The first-order valence-corrected chi connectivity index (χ1v) is 11.2. The first-order chi connectivity index (χ1) is 16.9. The Labute approximate surface area is 201 Å². The minimum absolute atomic E-state index is 0.278. The number of amides is 2. The van der Waals surface area contributed by atoms with Crippen LogP contribution in [-0.2, 0) is 31.9 Å². The highest BCUT2D eigenvalue weighted by Crippen LogP contribution is 2.26. The molecule has 35 heavy (non-hydrogen) atoms. The third kappa shape index (κ3) is 4.38. The van der Waals surface area contributed by atoms with Gasteiger partial charge in [0.25, 0.3) is 11.8 Å². The van der Waals surface area contributed by atoms with Gasteiger partial charge in [-0.2, -0.15) is 0 Å². The van der Waals surface area contributed by atoms with E-state index in [4.69, 9.17) is 9.47 Å². The number of cyclic esters (lactones) is 2. The highest BCUT2D eigenvalue weighted by Gasteiger charge is 2.34. The van der Waals surface area contributed by atoms with Gasteiger partial charge in [-0.15, -0.1) is 0 Å². The van der Waals surface area contributed by atoms with Crippen LogP contribution < -0.4 is 10.2 Å². The van der Waals surface area contributed by atoms with E-state index in [9.17, 15) is 19.2 Å².